The molecule has 0 radical (unpaired) electrons. The van der Waals surface area contributed by atoms with Gasteiger partial charge in [0.25, 0.3) is 0 Å². The van der Waals surface area contributed by atoms with Crippen molar-refractivity contribution in [3.8, 4) is 0 Å². The summed E-state index contributed by atoms with van der Waals surface area (Å²) in [5.41, 5.74) is 0. The van der Waals surface area contributed by atoms with Crippen LogP contribution in [0.25, 0.3) is 0 Å². The molecule has 2 fully saturated rings. The van der Waals surface area contributed by atoms with E-state index in [-0.39, 0.29) is 0 Å². The molecule has 0 bridgehead atoms. The molecule has 0 aromatic rings. The van der Waals surface area contributed by atoms with E-state index in [4.69, 9.17) is 18.9 Å². The van der Waals surface area contributed by atoms with E-state index in [1.165, 1.54) is 12.8 Å². The molecule has 0 aromatic carbocycles. The van der Waals surface area contributed by atoms with Crippen LogP contribution in [0.3, 0.4) is 0 Å². The molecule has 1 heterocycles. The van der Waals surface area contributed by atoms with Crippen LogP contribution in [0.4, 0.5) is 0 Å². The second-order valence-electron chi connectivity index (χ2n) is 7.18. The Morgan fingerprint density at radius 1 is 0.684 bits per heavy atom. The third kappa shape index (κ3) is 4.65. The van der Waals surface area contributed by atoms with Crippen LogP contribution in [0.5, 0.6) is 0 Å². The van der Waals surface area contributed by atoms with Crippen molar-refractivity contribution in [2.45, 2.75) is 82.6 Å². The van der Waals surface area contributed by atoms with Gasteiger partial charge in [0.15, 0.2) is 0 Å². The maximum atomic E-state index is 5.85. The smallest absolute Gasteiger partial charge is 0.233 e. The van der Waals surface area contributed by atoms with Crippen molar-refractivity contribution in [2.75, 3.05) is 0 Å². The predicted octanol–water partition coefficient (Wildman–Crippen LogP) is 4.36. The Bertz CT molecular complexity index is 277. The Kier molecular flexibility index (Phi) is 4.90. The highest BCUT2D eigenvalue weighted by Crippen LogP contribution is 2.36. The van der Waals surface area contributed by atoms with Gasteiger partial charge in [0, 0.05) is 12.8 Å². The fourth-order valence-electron chi connectivity index (χ4n) is 2.51. The van der Waals surface area contributed by atoms with E-state index < -0.39 is 22.4 Å². The van der Waals surface area contributed by atoms with Gasteiger partial charge in [0.2, 0.25) is 22.4 Å². The van der Waals surface area contributed by atoms with Crippen molar-refractivity contribution in [1.29, 1.82) is 0 Å². The van der Waals surface area contributed by atoms with Gasteiger partial charge < -0.3 is 0 Å². The molecule has 4 nitrogen and oxygen atoms in total. The number of hydrogen-bond acceptors (Lipinski definition) is 4. The Balaban J connectivity index is 2.13. The second kappa shape index (κ2) is 5.95. The monoisotopic (exact) mass is 304 g/mol. The third-order valence-electron chi connectivity index (χ3n) is 4.03. The van der Waals surface area contributed by atoms with Gasteiger partial charge in [0.1, 0.15) is 0 Å². The van der Waals surface area contributed by atoms with E-state index in [2.05, 4.69) is 26.2 Å². The summed E-state index contributed by atoms with van der Waals surface area (Å²) in [4.78, 5) is 11.6. The van der Waals surface area contributed by atoms with Crippen molar-refractivity contribution in [2.24, 2.45) is 0 Å². The number of hydrogen-bond donors (Lipinski definition) is 0. The molecule has 0 aromatic heterocycles. The Morgan fingerprint density at radius 2 is 1.11 bits per heavy atom. The van der Waals surface area contributed by atoms with Gasteiger partial charge in [-0.15, -0.1) is 0 Å². The molecule has 19 heavy (non-hydrogen) atoms. The highest BCUT2D eigenvalue weighted by molar-refractivity contribution is 6.76. The topological polar surface area (TPSA) is 36.9 Å². The minimum atomic E-state index is -1.77. The standard InChI is InChI=1S/C13H28O4Si2/c1-18(2)11-12-19(3,4)17-15-13(14-16-18)9-7-5-6-8-10-13/h5-12H2,1-4H3. The molecule has 1 saturated heterocycles. The lowest BCUT2D eigenvalue weighted by atomic mass is 10.1. The van der Waals surface area contributed by atoms with Gasteiger partial charge in [-0.2, -0.15) is 0 Å². The van der Waals surface area contributed by atoms with Crippen LogP contribution in [0.1, 0.15) is 38.5 Å². The molecular weight excluding hydrogens is 276 g/mol. The molecule has 1 saturated carbocycles. The quantitative estimate of drug-likeness (QED) is 0.492. The van der Waals surface area contributed by atoms with Crippen LogP contribution in [0.15, 0.2) is 0 Å². The van der Waals surface area contributed by atoms with Crippen LogP contribution in [0, 0.1) is 0 Å². The van der Waals surface area contributed by atoms with E-state index in [1.54, 1.807) is 0 Å². The maximum absolute atomic E-state index is 5.85. The minimum absolute atomic E-state index is 0.657. The van der Waals surface area contributed by atoms with Crippen LogP contribution < -0.4 is 0 Å². The first-order valence-corrected chi connectivity index (χ1v) is 13.8. The maximum Gasteiger partial charge on any atom is 0.233 e. The predicted molar refractivity (Wildman–Crippen MR) is 79.4 cm³/mol. The molecule has 1 aliphatic carbocycles. The van der Waals surface area contributed by atoms with Gasteiger partial charge >= 0.3 is 0 Å². The summed E-state index contributed by atoms with van der Waals surface area (Å²) in [5, 5.41) is 0. The largest absolute Gasteiger partial charge is 0.284 e. The third-order valence-corrected chi connectivity index (χ3v) is 8.51. The van der Waals surface area contributed by atoms with Gasteiger partial charge in [0.05, 0.1) is 0 Å². The van der Waals surface area contributed by atoms with Crippen LogP contribution in [-0.2, 0) is 18.9 Å². The average Bonchev–Trinajstić information content (AvgIpc) is 2.57. The lowest BCUT2D eigenvalue weighted by Crippen LogP contribution is -2.41. The Morgan fingerprint density at radius 3 is 1.53 bits per heavy atom. The lowest BCUT2D eigenvalue weighted by molar-refractivity contribution is -0.468. The molecule has 6 heteroatoms. The summed E-state index contributed by atoms with van der Waals surface area (Å²) in [6, 6.07) is 2.15. The van der Waals surface area contributed by atoms with E-state index in [0.717, 1.165) is 37.8 Å². The molecule has 1 aliphatic heterocycles. The zero-order valence-electron chi connectivity index (χ0n) is 12.8. The van der Waals surface area contributed by atoms with Gasteiger partial charge in [-0.1, -0.05) is 12.8 Å². The van der Waals surface area contributed by atoms with Crippen molar-refractivity contribution >= 4 is 16.6 Å². The molecular formula is C13H28O4Si2. The van der Waals surface area contributed by atoms with Gasteiger partial charge in [-0.25, -0.2) is 9.78 Å². The van der Waals surface area contributed by atoms with E-state index in [1.807, 2.05) is 0 Å². The van der Waals surface area contributed by atoms with E-state index in [0.29, 0.717) is 0 Å². The van der Waals surface area contributed by atoms with Crippen molar-refractivity contribution in [3.63, 3.8) is 0 Å². The lowest BCUT2D eigenvalue weighted by Gasteiger charge is -2.33. The summed E-state index contributed by atoms with van der Waals surface area (Å²) >= 11 is 0. The second-order valence-corrected chi connectivity index (χ2v) is 15.5. The van der Waals surface area contributed by atoms with E-state index >= 15 is 0 Å². The first-order valence-electron chi connectivity index (χ1n) is 7.56. The van der Waals surface area contributed by atoms with Gasteiger partial charge in [-0.3, -0.25) is 9.15 Å². The molecule has 2 aliphatic rings. The highest BCUT2D eigenvalue weighted by atomic mass is 28.4. The van der Waals surface area contributed by atoms with Crippen LogP contribution in [-0.4, -0.2) is 22.4 Å². The first-order chi connectivity index (χ1) is 8.83. The number of rotatable bonds is 0. The average molecular weight is 305 g/mol. The summed E-state index contributed by atoms with van der Waals surface area (Å²) in [7, 11) is -3.54. The molecule has 0 N–H and O–H groups in total. The highest BCUT2D eigenvalue weighted by Gasteiger charge is 2.43. The Labute approximate surface area is 118 Å². The first kappa shape index (κ1) is 15.7. The van der Waals surface area contributed by atoms with Crippen molar-refractivity contribution in [3.05, 3.63) is 0 Å². The fourth-order valence-corrected chi connectivity index (χ4v) is 8.25. The van der Waals surface area contributed by atoms with Crippen LogP contribution in [0.2, 0.25) is 38.3 Å². The molecule has 112 valence electrons. The van der Waals surface area contributed by atoms with Crippen molar-refractivity contribution < 1.29 is 18.9 Å². The molecule has 0 amide bonds. The zero-order chi connectivity index (χ0) is 14.0. The van der Waals surface area contributed by atoms with Crippen molar-refractivity contribution in [1.82, 2.24) is 0 Å². The summed E-state index contributed by atoms with van der Waals surface area (Å²) in [6.45, 7) is 8.86. The SMILES string of the molecule is C[Si]1(C)CC[Si](C)(C)OOC2(CCCCCC2)OO1. The molecule has 0 unspecified atom stereocenters. The zero-order valence-corrected chi connectivity index (χ0v) is 14.8. The molecule has 1 spiro atoms. The summed E-state index contributed by atoms with van der Waals surface area (Å²) in [6.07, 6.45) is 6.49. The fraction of sp³-hybridized carbons (Fsp3) is 1.00. The Hall–Kier alpha value is 0.274. The normalized spacial score (nSPS) is 30.9. The molecule has 0 atom stereocenters. The molecule has 2 rings (SSSR count). The van der Waals surface area contributed by atoms with E-state index in [9.17, 15) is 0 Å². The van der Waals surface area contributed by atoms with Gasteiger partial charge in [-0.05, 0) is 51.1 Å². The van der Waals surface area contributed by atoms with Crippen LogP contribution >= 0.6 is 0 Å². The summed E-state index contributed by atoms with van der Waals surface area (Å²) in [5.74, 6) is -0.657. The minimum Gasteiger partial charge on any atom is -0.284 e. The summed E-state index contributed by atoms with van der Waals surface area (Å²) < 4.78 is 11.7.